The first-order valence-corrected chi connectivity index (χ1v) is 6.83. The van der Waals surface area contributed by atoms with Crippen LogP contribution in [0, 0.1) is 5.92 Å². The highest BCUT2D eigenvalue weighted by atomic mass is 35.5. The normalized spacial score (nSPS) is 24.9. The van der Waals surface area contributed by atoms with Crippen molar-refractivity contribution in [2.75, 3.05) is 19.7 Å². The van der Waals surface area contributed by atoms with Crippen molar-refractivity contribution < 1.29 is 10.0 Å². The number of piperidine rings is 1. The molecule has 0 saturated carbocycles. The van der Waals surface area contributed by atoms with Crippen LogP contribution in [-0.2, 0) is 6.54 Å². The van der Waals surface area contributed by atoms with Crippen molar-refractivity contribution >= 4 is 23.2 Å². The molecule has 0 aliphatic carbocycles. The summed E-state index contributed by atoms with van der Waals surface area (Å²) in [4.78, 5) is 1.46. The maximum absolute atomic E-state index is 9.22. The van der Waals surface area contributed by atoms with Gasteiger partial charge in [0.1, 0.15) is 6.54 Å². The third kappa shape index (κ3) is 3.35. The van der Waals surface area contributed by atoms with Gasteiger partial charge in [0.05, 0.1) is 29.7 Å². The van der Waals surface area contributed by atoms with Gasteiger partial charge in [-0.1, -0.05) is 29.3 Å². The highest BCUT2D eigenvalue weighted by Gasteiger charge is 2.23. The first-order chi connectivity index (χ1) is 8.20. The molecular weight excluding hydrogens is 257 g/mol. The number of benzene rings is 1. The third-order valence-corrected chi connectivity index (χ3v) is 4.17. The fraction of sp³-hybridized carbons (Fsp3) is 0.538. The Morgan fingerprint density at radius 1 is 1.29 bits per heavy atom. The van der Waals surface area contributed by atoms with Crippen molar-refractivity contribution in [3.05, 3.63) is 33.8 Å². The molecule has 0 amide bonds. The van der Waals surface area contributed by atoms with Gasteiger partial charge in [-0.05, 0) is 25.0 Å². The molecule has 1 unspecified atom stereocenters. The number of rotatable bonds is 3. The average molecular weight is 275 g/mol. The van der Waals surface area contributed by atoms with Gasteiger partial charge in [0, 0.05) is 11.5 Å². The van der Waals surface area contributed by atoms with Crippen molar-refractivity contribution in [2.24, 2.45) is 5.92 Å². The summed E-state index contributed by atoms with van der Waals surface area (Å²) in [5.74, 6) is 0.431. The molecule has 2 rings (SSSR count). The van der Waals surface area contributed by atoms with Gasteiger partial charge in [-0.25, -0.2) is 0 Å². The van der Waals surface area contributed by atoms with E-state index in [2.05, 4.69) is 0 Å². The second-order valence-electron chi connectivity index (χ2n) is 4.77. The van der Waals surface area contributed by atoms with Crippen molar-refractivity contribution in [3.63, 3.8) is 0 Å². The number of quaternary nitrogens is 1. The standard InChI is InChI=1S/C13H17Cl2NO/c14-12-4-1-5-13(15)11(12)8-16-6-2-3-10(7-16)9-17/h1,4-5,10,17H,2-3,6-9H2/p+1/t10-/m0/s1. The largest absolute Gasteiger partial charge is 0.396 e. The molecule has 4 heteroatoms. The zero-order valence-corrected chi connectivity index (χ0v) is 11.3. The molecule has 17 heavy (non-hydrogen) atoms. The quantitative estimate of drug-likeness (QED) is 0.863. The fourth-order valence-electron chi connectivity index (χ4n) is 2.52. The molecular formula is C13H18Cl2NO+. The highest BCUT2D eigenvalue weighted by Crippen LogP contribution is 2.23. The Morgan fingerprint density at radius 3 is 2.65 bits per heavy atom. The predicted molar refractivity (Wildman–Crippen MR) is 70.7 cm³/mol. The molecule has 1 heterocycles. The van der Waals surface area contributed by atoms with E-state index in [-0.39, 0.29) is 0 Å². The van der Waals surface area contributed by atoms with Gasteiger partial charge in [0.15, 0.2) is 0 Å². The number of aliphatic hydroxyl groups is 1. The summed E-state index contributed by atoms with van der Waals surface area (Å²) in [6.07, 6.45) is 2.30. The summed E-state index contributed by atoms with van der Waals surface area (Å²) in [7, 11) is 0. The van der Waals surface area contributed by atoms with Crippen molar-refractivity contribution in [2.45, 2.75) is 19.4 Å². The Kier molecular flexibility index (Phi) is 4.69. The van der Waals surface area contributed by atoms with Gasteiger partial charge < -0.3 is 10.0 Å². The summed E-state index contributed by atoms with van der Waals surface area (Å²) in [6, 6.07) is 5.64. The molecule has 0 radical (unpaired) electrons. The van der Waals surface area contributed by atoms with Gasteiger partial charge in [-0.3, -0.25) is 0 Å². The Bertz CT molecular complexity index is 363. The summed E-state index contributed by atoms with van der Waals surface area (Å²) < 4.78 is 0. The van der Waals surface area contributed by atoms with Crippen LogP contribution in [0.4, 0.5) is 0 Å². The summed E-state index contributed by atoms with van der Waals surface area (Å²) >= 11 is 12.3. The van der Waals surface area contributed by atoms with Gasteiger partial charge in [0.25, 0.3) is 0 Å². The van der Waals surface area contributed by atoms with Crippen LogP contribution in [0.3, 0.4) is 0 Å². The molecule has 1 saturated heterocycles. The van der Waals surface area contributed by atoms with Crippen LogP contribution < -0.4 is 4.90 Å². The first-order valence-electron chi connectivity index (χ1n) is 6.08. The van der Waals surface area contributed by atoms with Gasteiger partial charge >= 0.3 is 0 Å². The Balaban J connectivity index is 2.05. The number of likely N-dealkylation sites (tertiary alicyclic amines) is 1. The van der Waals surface area contributed by atoms with Crippen LogP contribution in [0.15, 0.2) is 18.2 Å². The van der Waals surface area contributed by atoms with Crippen molar-refractivity contribution in [1.82, 2.24) is 0 Å². The van der Waals surface area contributed by atoms with E-state index in [1.54, 1.807) is 0 Å². The molecule has 2 nitrogen and oxygen atoms in total. The lowest BCUT2D eigenvalue weighted by atomic mass is 9.98. The average Bonchev–Trinajstić information content (AvgIpc) is 2.34. The lowest BCUT2D eigenvalue weighted by Gasteiger charge is -2.29. The fourth-order valence-corrected chi connectivity index (χ4v) is 3.05. The summed E-state index contributed by atoms with van der Waals surface area (Å²) in [6.45, 7) is 3.30. The number of hydrogen-bond donors (Lipinski definition) is 2. The molecule has 94 valence electrons. The van der Waals surface area contributed by atoms with E-state index in [1.165, 1.54) is 11.3 Å². The van der Waals surface area contributed by atoms with Gasteiger partial charge in [0.2, 0.25) is 0 Å². The van der Waals surface area contributed by atoms with Crippen LogP contribution in [0.1, 0.15) is 18.4 Å². The van der Waals surface area contributed by atoms with E-state index >= 15 is 0 Å². The topological polar surface area (TPSA) is 24.7 Å². The van der Waals surface area contributed by atoms with E-state index in [4.69, 9.17) is 23.2 Å². The zero-order chi connectivity index (χ0) is 12.3. The number of hydrogen-bond acceptors (Lipinski definition) is 1. The lowest BCUT2D eigenvalue weighted by molar-refractivity contribution is -0.922. The maximum Gasteiger partial charge on any atom is 0.106 e. The first kappa shape index (κ1) is 13.2. The smallest absolute Gasteiger partial charge is 0.106 e. The third-order valence-electron chi connectivity index (χ3n) is 3.47. The van der Waals surface area contributed by atoms with Crippen molar-refractivity contribution in [3.8, 4) is 0 Å². The molecule has 1 aromatic rings. The predicted octanol–water partition coefficient (Wildman–Crippen LogP) is 1.78. The molecule has 1 aliphatic rings. The maximum atomic E-state index is 9.22. The minimum Gasteiger partial charge on any atom is -0.396 e. The van der Waals surface area contributed by atoms with E-state index < -0.39 is 0 Å². The molecule has 1 aliphatic heterocycles. The Labute approximate surface area is 112 Å². The number of halogens is 2. The van der Waals surface area contributed by atoms with Crippen LogP contribution in [0.25, 0.3) is 0 Å². The molecule has 0 spiro atoms. The van der Waals surface area contributed by atoms with Crippen LogP contribution >= 0.6 is 23.2 Å². The van der Waals surface area contributed by atoms with Crippen molar-refractivity contribution in [1.29, 1.82) is 0 Å². The monoisotopic (exact) mass is 274 g/mol. The molecule has 1 aromatic carbocycles. The SMILES string of the molecule is OC[C@H]1CCC[NH+](Cc2c(Cl)cccc2Cl)C1. The second-order valence-corrected chi connectivity index (χ2v) is 5.59. The molecule has 2 N–H and O–H groups in total. The van der Waals surface area contributed by atoms with Crippen LogP contribution in [0.2, 0.25) is 10.0 Å². The Morgan fingerprint density at radius 2 is 2.00 bits per heavy atom. The molecule has 0 bridgehead atoms. The Hall–Kier alpha value is -0.280. The minimum atomic E-state index is 0.291. The second kappa shape index (κ2) is 6.05. The van der Waals surface area contributed by atoms with E-state index in [9.17, 15) is 5.11 Å². The van der Waals surface area contributed by atoms with E-state index in [1.807, 2.05) is 18.2 Å². The molecule has 0 aromatic heterocycles. The van der Waals surface area contributed by atoms with Crippen LogP contribution in [0.5, 0.6) is 0 Å². The van der Waals surface area contributed by atoms with E-state index in [0.717, 1.165) is 41.7 Å². The van der Waals surface area contributed by atoms with E-state index in [0.29, 0.717) is 12.5 Å². The number of nitrogens with one attached hydrogen (secondary N) is 1. The molecule has 2 atom stereocenters. The molecule has 1 fully saturated rings. The summed E-state index contributed by atoms with van der Waals surface area (Å²) in [5, 5.41) is 10.7. The highest BCUT2D eigenvalue weighted by molar-refractivity contribution is 6.35. The number of aliphatic hydroxyl groups excluding tert-OH is 1. The lowest BCUT2D eigenvalue weighted by Crippen LogP contribution is -3.12. The minimum absolute atomic E-state index is 0.291. The summed E-state index contributed by atoms with van der Waals surface area (Å²) in [5.41, 5.74) is 1.03. The van der Waals surface area contributed by atoms with Crippen LogP contribution in [-0.4, -0.2) is 24.8 Å². The zero-order valence-electron chi connectivity index (χ0n) is 9.76. The van der Waals surface area contributed by atoms with Gasteiger partial charge in [-0.15, -0.1) is 0 Å². The van der Waals surface area contributed by atoms with Gasteiger partial charge in [-0.2, -0.15) is 0 Å².